The van der Waals surface area contributed by atoms with E-state index in [4.69, 9.17) is 12.2 Å². The van der Waals surface area contributed by atoms with Crippen LogP contribution in [-0.2, 0) is 13.5 Å². The monoisotopic (exact) mass is 311 g/mol. The van der Waals surface area contributed by atoms with Gasteiger partial charge in [0, 0.05) is 20.0 Å². The smallest absolute Gasteiger partial charge is 0.150 e. The van der Waals surface area contributed by atoms with Crippen molar-refractivity contribution in [3.05, 3.63) is 5.82 Å². The zero-order valence-corrected chi connectivity index (χ0v) is 13.7. The predicted octanol–water partition coefficient (Wildman–Crippen LogP) is 1.49. The SMILES string of the molecule is CCN(C(=S)CCCc1nnnn1C)C1CCCCC1O. The first-order valence-corrected chi connectivity index (χ1v) is 8.23. The largest absolute Gasteiger partial charge is 0.391 e. The lowest BCUT2D eigenvalue weighted by atomic mass is 9.91. The zero-order chi connectivity index (χ0) is 15.2. The highest BCUT2D eigenvalue weighted by atomic mass is 32.1. The van der Waals surface area contributed by atoms with Crippen LogP contribution in [0.15, 0.2) is 0 Å². The molecule has 0 saturated heterocycles. The van der Waals surface area contributed by atoms with E-state index in [-0.39, 0.29) is 12.1 Å². The third-order valence-corrected chi connectivity index (χ3v) is 4.69. The van der Waals surface area contributed by atoms with Crippen LogP contribution in [0.1, 0.15) is 51.3 Å². The number of aliphatic hydroxyl groups excluding tert-OH is 1. The molecule has 1 N–H and O–H groups in total. The Labute approximate surface area is 131 Å². The molecular weight excluding hydrogens is 286 g/mol. The Morgan fingerprint density at radius 1 is 1.43 bits per heavy atom. The first kappa shape index (κ1) is 16.3. The summed E-state index contributed by atoms with van der Waals surface area (Å²) in [6.45, 7) is 2.98. The molecule has 0 amide bonds. The van der Waals surface area contributed by atoms with Gasteiger partial charge in [-0.2, -0.15) is 0 Å². The maximum atomic E-state index is 10.2. The fourth-order valence-electron chi connectivity index (χ4n) is 3.05. The number of aliphatic hydroxyl groups is 1. The Morgan fingerprint density at radius 2 is 2.19 bits per heavy atom. The Kier molecular flexibility index (Phi) is 6.05. The second-order valence-electron chi connectivity index (χ2n) is 5.67. The van der Waals surface area contributed by atoms with Gasteiger partial charge >= 0.3 is 0 Å². The Bertz CT molecular complexity index is 464. The summed E-state index contributed by atoms with van der Waals surface area (Å²) in [4.78, 5) is 3.17. The van der Waals surface area contributed by atoms with Crippen LogP contribution in [0, 0.1) is 0 Å². The highest BCUT2D eigenvalue weighted by molar-refractivity contribution is 7.80. The Morgan fingerprint density at radius 3 is 2.81 bits per heavy atom. The normalized spacial score (nSPS) is 22.2. The molecule has 118 valence electrons. The maximum absolute atomic E-state index is 10.2. The molecule has 0 aliphatic heterocycles. The summed E-state index contributed by atoms with van der Waals surface area (Å²) < 4.78 is 1.70. The molecule has 0 bridgehead atoms. The van der Waals surface area contributed by atoms with E-state index in [1.807, 2.05) is 7.05 Å². The average molecular weight is 311 g/mol. The van der Waals surface area contributed by atoms with E-state index in [2.05, 4.69) is 27.3 Å². The lowest BCUT2D eigenvalue weighted by molar-refractivity contribution is 0.0526. The van der Waals surface area contributed by atoms with Gasteiger partial charge in [0.1, 0.15) is 0 Å². The van der Waals surface area contributed by atoms with E-state index in [1.54, 1.807) is 4.68 Å². The van der Waals surface area contributed by atoms with Gasteiger partial charge in [-0.3, -0.25) is 0 Å². The Balaban J connectivity index is 1.84. The molecule has 2 unspecified atom stereocenters. The minimum atomic E-state index is -0.236. The summed E-state index contributed by atoms with van der Waals surface area (Å²) in [5.74, 6) is 0.888. The molecule has 1 saturated carbocycles. The lowest BCUT2D eigenvalue weighted by Gasteiger charge is -2.38. The quantitative estimate of drug-likeness (QED) is 0.803. The molecule has 21 heavy (non-hydrogen) atoms. The second-order valence-corrected chi connectivity index (χ2v) is 6.14. The third-order valence-electron chi connectivity index (χ3n) is 4.25. The fourth-order valence-corrected chi connectivity index (χ4v) is 3.46. The number of aromatic nitrogens is 4. The highest BCUT2D eigenvalue weighted by Crippen LogP contribution is 2.24. The van der Waals surface area contributed by atoms with Crippen LogP contribution in [0.4, 0.5) is 0 Å². The van der Waals surface area contributed by atoms with E-state index in [0.29, 0.717) is 0 Å². The van der Waals surface area contributed by atoms with Crippen LogP contribution >= 0.6 is 12.2 Å². The number of tetrazole rings is 1. The van der Waals surface area contributed by atoms with Gasteiger partial charge in [-0.15, -0.1) is 5.10 Å². The van der Waals surface area contributed by atoms with Crippen LogP contribution in [0.2, 0.25) is 0 Å². The third kappa shape index (κ3) is 4.20. The average Bonchev–Trinajstić information content (AvgIpc) is 2.87. The van der Waals surface area contributed by atoms with Gasteiger partial charge in [0.15, 0.2) is 5.82 Å². The summed E-state index contributed by atoms with van der Waals surface area (Å²) in [6, 6.07) is 0.202. The number of likely N-dealkylation sites (N-methyl/N-ethyl adjacent to an activating group) is 1. The van der Waals surface area contributed by atoms with Gasteiger partial charge in [0.05, 0.1) is 17.1 Å². The van der Waals surface area contributed by atoms with Crippen LogP contribution in [0.25, 0.3) is 0 Å². The molecule has 1 aromatic rings. The highest BCUT2D eigenvalue weighted by Gasteiger charge is 2.28. The van der Waals surface area contributed by atoms with Crippen LogP contribution < -0.4 is 0 Å². The number of aryl methyl sites for hydroxylation is 2. The molecule has 0 radical (unpaired) electrons. The lowest BCUT2D eigenvalue weighted by Crippen LogP contribution is -2.47. The van der Waals surface area contributed by atoms with Gasteiger partial charge in [-0.05, 0) is 43.0 Å². The molecule has 7 heteroatoms. The van der Waals surface area contributed by atoms with Crippen LogP contribution in [0.5, 0.6) is 0 Å². The molecular formula is C14H25N5OS. The van der Waals surface area contributed by atoms with E-state index >= 15 is 0 Å². The minimum absolute atomic E-state index is 0.202. The van der Waals surface area contributed by atoms with E-state index < -0.39 is 0 Å². The number of nitrogens with zero attached hydrogens (tertiary/aromatic N) is 5. The second kappa shape index (κ2) is 7.79. The molecule has 0 spiro atoms. The number of hydrogen-bond donors (Lipinski definition) is 1. The van der Waals surface area contributed by atoms with E-state index in [0.717, 1.165) is 55.9 Å². The summed E-state index contributed by atoms with van der Waals surface area (Å²) in [5, 5.41) is 21.7. The van der Waals surface area contributed by atoms with Gasteiger partial charge < -0.3 is 10.0 Å². The van der Waals surface area contributed by atoms with Crippen molar-refractivity contribution in [2.45, 2.75) is 64.0 Å². The maximum Gasteiger partial charge on any atom is 0.150 e. The molecule has 6 nitrogen and oxygen atoms in total. The van der Waals surface area contributed by atoms with Crippen molar-refractivity contribution in [2.75, 3.05) is 6.54 Å². The molecule has 1 aromatic heterocycles. The molecule has 1 aliphatic carbocycles. The van der Waals surface area contributed by atoms with Gasteiger partial charge in [0.2, 0.25) is 0 Å². The molecule has 0 aromatic carbocycles. The van der Waals surface area contributed by atoms with Gasteiger partial charge in [-0.1, -0.05) is 25.1 Å². The minimum Gasteiger partial charge on any atom is -0.391 e. The molecule has 1 aliphatic rings. The van der Waals surface area contributed by atoms with Crippen molar-refractivity contribution >= 4 is 17.2 Å². The van der Waals surface area contributed by atoms with Crippen molar-refractivity contribution in [1.82, 2.24) is 25.1 Å². The van der Waals surface area contributed by atoms with Gasteiger partial charge in [-0.25, -0.2) is 4.68 Å². The topological polar surface area (TPSA) is 67.1 Å². The summed E-state index contributed by atoms with van der Waals surface area (Å²) >= 11 is 5.59. The van der Waals surface area contributed by atoms with E-state index in [9.17, 15) is 5.11 Å². The standard InChI is InChI=1S/C14H25N5OS/c1-3-19(11-7-4-5-8-12(11)20)14(21)10-6-9-13-15-16-17-18(13)2/h11-12,20H,3-10H2,1-2H3. The van der Waals surface area contributed by atoms with Crippen molar-refractivity contribution < 1.29 is 5.11 Å². The van der Waals surface area contributed by atoms with Gasteiger partial charge in [0.25, 0.3) is 0 Å². The van der Waals surface area contributed by atoms with Crippen molar-refractivity contribution in [2.24, 2.45) is 7.05 Å². The van der Waals surface area contributed by atoms with E-state index in [1.165, 1.54) is 6.42 Å². The zero-order valence-electron chi connectivity index (χ0n) is 12.9. The summed E-state index contributed by atoms with van der Waals surface area (Å²) in [7, 11) is 1.85. The summed E-state index contributed by atoms with van der Waals surface area (Å²) in [5.41, 5.74) is 0. The Hall–Kier alpha value is -1.08. The number of rotatable bonds is 6. The van der Waals surface area contributed by atoms with Crippen molar-refractivity contribution in [3.63, 3.8) is 0 Å². The number of thiocarbonyl (C=S) groups is 1. The molecule has 1 fully saturated rings. The van der Waals surface area contributed by atoms with Crippen LogP contribution in [-0.4, -0.2) is 53.9 Å². The number of hydrogen-bond acceptors (Lipinski definition) is 5. The van der Waals surface area contributed by atoms with Crippen molar-refractivity contribution in [3.8, 4) is 0 Å². The fraction of sp³-hybridized carbons (Fsp3) is 0.857. The molecule has 2 atom stereocenters. The van der Waals surface area contributed by atoms with Crippen LogP contribution in [0.3, 0.4) is 0 Å². The predicted molar refractivity (Wildman–Crippen MR) is 85.0 cm³/mol. The molecule has 2 rings (SSSR count). The first-order valence-electron chi connectivity index (χ1n) is 7.82. The molecule has 1 heterocycles. The van der Waals surface area contributed by atoms with Crippen molar-refractivity contribution in [1.29, 1.82) is 0 Å². The summed E-state index contributed by atoms with van der Waals surface area (Å²) in [6.07, 6.45) is 6.63. The first-order chi connectivity index (χ1) is 10.1.